The number of hydrogen-bond acceptors (Lipinski definition) is 5. The highest BCUT2D eigenvalue weighted by atomic mass is 16.6. The normalized spacial score (nSPS) is 9.68. The highest BCUT2D eigenvalue weighted by Crippen LogP contribution is 2.13. The smallest absolute Gasteiger partial charge is 0.322 e. The lowest BCUT2D eigenvalue weighted by Crippen LogP contribution is -2.30. The van der Waals surface area contributed by atoms with Gasteiger partial charge in [0.2, 0.25) is 5.91 Å². The third kappa shape index (κ3) is 4.54. The number of amides is 1. The molecule has 1 aromatic carbocycles. The first-order chi connectivity index (χ1) is 8.90. The van der Waals surface area contributed by atoms with Crippen molar-refractivity contribution < 1.29 is 24.4 Å². The molecule has 0 aromatic heterocycles. The summed E-state index contributed by atoms with van der Waals surface area (Å²) in [5, 5.41) is 20.8. The second-order valence-electron chi connectivity index (χ2n) is 3.57. The zero-order valence-corrected chi connectivity index (χ0v) is 9.66. The molecule has 0 radical (unpaired) electrons. The minimum atomic E-state index is -1.21. The number of non-ortho nitro benzene ring substituents is 1. The van der Waals surface area contributed by atoms with Crippen molar-refractivity contribution in [1.29, 1.82) is 0 Å². The number of nitrogens with zero attached hydrogens (tertiary/aromatic N) is 1. The third-order valence-corrected chi connectivity index (χ3v) is 2.16. The molecule has 0 aliphatic carbocycles. The molecular weight excluding hydrogens is 256 g/mol. The van der Waals surface area contributed by atoms with E-state index in [9.17, 15) is 24.5 Å². The number of benzene rings is 1. The standard InChI is InChI=1S/C11H10N2O6/c14-9(5-10(15)12-6-11(16)17)7-1-3-8(4-2-7)13(18)19/h1-4H,5-6H2,(H,12,15)(H,16,17). The number of nitro benzene ring substituents is 1. The van der Waals surface area contributed by atoms with Gasteiger partial charge in [0.15, 0.2) is 5.78 Å². The molecule has 2 N–H and O–H groups in total. The van der Waals surface area contributed by atoms with Crippen molar-refractivity contribution in [2.75, 3.05) is 6.54 Å². The van der Waals surface area contributed by atoms with E-state index in [1.807, 2.05) is 5.32 Å². The number of carboxylic acid groups (broad SMARTS) is 1. The molecule has 0 unspecified atom stereocenters. The van der Waals surface area contributed by atoms with Gasteiger partial charge in [0.1, 0.15) is 6.54 Å². The number of carbonyl (C=O) groups excluding carboxylic acids is 2. The van der Waals surface area contributed by atoms with Crippen molar-refractivity contribution in [2.24, 2.45) is 0 Å². The van der Waals surface area contributed by atoms with E-state index in [-0.39, 0.29) is 11.3 Å². The zero-order valence-electron chi connectivity index (χ0n) is 9.66. The number of hydrogen-bond donors (Lipinski definition) is 2. The van der Waals surface area contributed by atoms with Crippen LogP contribution in [0, 0.1) is 10.1 Å². The fourth-order valence-corrected chi connectivity index (χ4v) is 1.25. The summed E-state index contributed by atoms with van der Waals surface area (Å²) in [7, 11) is 0. The van der Waals surface area contributed by atoms with Crippen LogP contribution < -0.4 is 5.32 Å². The van der Waals surface area contributed by atoms with Gasteiger partial charge in [-0.15, -0.1) is 0 Å². The number of ketones is 1. The molecule has 0 heterocycles. The maximum Gasteiger partial charge on any atom is 0.322 e. The van der Waals surface area contributed by atoms with Gasteiger partial charge in [-0.1, -0.05) is 0 Å². The minimum Gasteiger partial charge on any atom is -0.480 e. The lowest BCUT2D eigenvalue weighted by atomic mass is 10.1. The zero-order chi connectivity index (χ0) is 14.4. The predicted octanol–water partition coefficient (Wildman–Crippen LogP) is 0.368. The van der Waals surface area contributed by atoms with Gasteiger partial charge in [-0.25, -0.2) is 0 Å². The van der Waals surface area contributed by atoms with Crippen molar-refractivity contribution >= 4 is 23.3 Å². The molecule has 1 rings (SSSR count). The van der Waals surface area contributed by atoms with Crippen LogP contribution in [0.3, 0.4) is 0 Å². The Hall–Kier alpha value is -2.77. The molecular formula is C11H10N2O6. The van der Waals surface area contributed by atoms with Crippen LogP contribution in [0.2, 0.25) is 0 Å². The van der Waals surface area contributed by atoms with Crippen molar-refractivity contribution in [3.8, 4) is 0 Å². The number of aliphatic carboxylic acids is 1. The molecule has 100 valence electrons. The summed E-state index contributed by atoms with van der Waals surface area (Å²) in [6, 6.07) is 4.79. The Morgan fingerprint density at radius 2 is 1.79 bits per heavy atom. The van der Waals surface area contributed by atoms with E-state index in [4.69, 9.17) is 5.11 Å². The van der Waals surface area contributed by atoms with E-state index in [2.05, 4.69) is 0 Å². The lowest BCUT2D eigenvalue weighted by Gasteiger charge is -2.02. The Labute approximate surface area is 107 Å². The Bertz CT molecular complexity index is 522. The first-order valence-electron chi connectivity index (χ1n) is 5.16. The van der Waals surface area contributed by atoms with Gasteiger partial charge in [-0.3, -0.25) is 24.5 Å². The van der Waals surface area contributed by atoms with E-state index < -0.39 is 35.5 Å². The topological polar surface area (TPSA) is 127 Å². The maximum atomic E-state index is 11.6. The Balaban J connectivity index is 2.60. The van der Waals surface area contributed by atoms with Crippen molar-refractivity contribution in [2.45, 2.75) is 6.42 Å². The predicted molar refractivity (Wildman–Crippen MR) is 62.7 cm³/mol. The first kappa shape index (κ1) is 14.3. The monoisotopic (exact) mass is 266 g/mol. The van der Waals surface area contributed by atoms with Gasteiger partial charge in [-0.2, -0.15) is 0 Å². The number of carboxylic acids is 1. The summed E-state index contributed by atoms with van der Waals surface area (Å²) >= 11 is 0. The average Bonchev–Trinajstić information content (AvgIpc) is 2.36. The molecule has 1 aromatic rings. The average molecular weight is 266 g/mol. The largest absolute Gasteiger partial charge is 0.480 e. The highest BCUT2D eigenvalue weighted by molar-refractivity contribution is 6.07. The van der Waals surface area contributed by atoms with Crippen molar-refractivity contribution in [3.63, 3.8) is 0 Å². The molecule has 0 fully saturated rings. The van der Waals surface area contributed by atoms with Gasteiger partial charge in [-0.05, 0) is 12.1 Å². The van der Waals surface area contributed by atoms with Crippen LogP contribution in [0.4, 0.5) is 5.69 Å². The molecule has 0 spiro atoms. The van der Waals surface area contributed by atoms with E-state index in [0.29, 0.717) is 0 Å². The Kier molecular flexibility index (Phi) is 4.69. The summed E-state index contributed by atoms with van der Waals surface area (Å²) in [6.07, 6.45) is -0.509. The number of nitro groups is 1. The SMILES string of the molecule is O=C(O)CNC(=O)CC(=O)c1ccc([N+](=O)[O-])cc1. The molecule has 0 atom stereocenters. The van der Waals surface area contributed by atoms with E-state index in [0.717, 1.165) is 12.1 Å². The van der Waals surface area contributed by atoms with Gasteiger partial charge >= 0.3 is 5.97 Å². The van der Waals surface area contributed by atoms with Gasteiger partial charge in [0, 0.05) is 17.7 Å². The maximum absolute atomic E-state index is 11.6. The quantitative estimate of drug-likeness (QED) is 0.331. The number of Topliss-reactive ketones (excluding diaryl/α,β-unsaturated/α-hetero) is 1. The van der Waals surface area contributed by atoms with Crippen LogP contribution in [0.5, 0.6) is 0 Å². The van der Waals surface area contributed by atoms with Gasteiger partial charge in [0.25, 0.3) is 5.69 Å². The second kappa shape index (κ2) is 6.24. The summed E-state index contributed by atoms with van der Waals surface area (Å²) in [4.78, 5) is 42.8. The molecule has 8 heteroatoms. The minimum absolute atomic E-state index is 0.149. The van der Waals surface area contributed by atoms with Crippen LogP contribution in [0.25, 0.3) is 0 Å². The third-order valence-electron chi connectivity index (χ3n) is 2.16. The molecule has 8 nitrogen and oxygen atoms in total. The van der Waals surface area contributed by atoms with Crippen LogP contribution in [-0.2, 0) is 9.59 Å². The van der Waals surface area contributed by atoms with E-state index in [1.54, 1.807) is 0 Å². The number of nitrogens with one attached hydrogen (secondary N) is 1. The summed E-state index contributed by atoms with van der Waals surface area (Å²) in [6.45, 7) is -0.563. The molecule has 0 bridgehead atoms. The van der Waals surface area contributed by atoms with E-state index >= 15 is 0 Å². The van der Waals surface area contributed by atoms with Gasteiger partial charge in [0.05, 0.1) is 11.3 Å². The van der Waals surface area contributed by atoms with Crippen LogP contribution >= 0.6 is 0 Å². The molecule has 0 aliphatic heterocycles. The van der Waals surface area contributed by atoms with Crippen LogP contribution in [0.1, 0.15) is 16.8 Å². The molecule has 0 aliphatic rings. The fourth-order valence-electron chi connectivity index (χ4n) is 1.25. The summed E-state index contributed by atoms with van der Waals surface area (Å²) in [5.41, 5.74) is -0.0112. The second-order valence-corrected chi connectivity index (χ2v) is 3.57. The van der Waals surface area contributed by atoms with Crippen molar-refractivity contribution in [1.82, 2.24) is 5.32 Å². The van der Waals surface area contributed by atoms with Crippen LogP contribution in [-0.4, -0.2) is 34.2 Å². The van der Waals surface area contributed by atoms with Crippen molar-refractivity contribution in [3.05, 3.63) is 39.9 Å². The summed E-state index contributed by atoms with van der Waals surface area (Å²) in [5.74, 6) is -2.47. The first-order valence-corrected chi connectivity index (χ1v) is 5.16. The van der Waals surface area contributed by atoms with E-state index in [1.165, 1.54) is 12.1 Å². The highest BCUT2D eigenvalue weighted by Gasteiger charge is 2.13. The molecule has 0 saturated heterocycles. The molecule has 19 heavy (non-hydrogen) atoms. The number of carbonyl (C=O) groups is 3. The Morgan fingerprint density at radius 3 is 2.26 bits per heavy atom. The molecule has 1 amide bonds. The molecule has 0 saturated carbocycles. The summed E-state index contributed by atoms with van der Waals surface area (Å²) < 4.78 is 0. The Morgan fingerprint density at radius 1 is 1.21 bits per heavy atom. The fraction of sp³-hybridized carbons (Fsp3) is 0.182. The van der Waals surface area contributed by atoms with Gasteiger partial charge < -0.3 is 10.4 Å². The number of rotatable bonds is 6. The lowest BCUT2D eigenvalue weighted by molar-refractivity contribution is -0.384. The van der Waals surface area contributed by atoms with Crippen LogP contribution in [0.15, 0.2) is 24.3 Å².